The highest BCUT2D eigenvalue weighted by molar-refractivity contribution is 5.91. The molecule has 118 valence electrons. The van der Waals surface area contributed by atoms with Crippen LogP contribution in [0, 0.1) is 0 Å². The first-order valence-electron chi connectivity index (χ1n) is 6.90. The number of amides is 1. The molecule has 0 atom stereocenters. The predicted octanol–water partition coefficient (Wildman–Crippen LogP) is 2.01. The molecular formula is C15H14N4O4. The molecule has 0 spiro atoms. The van der Waals surface area contributed by atoms with Crippen molar-refractivity contribution in [2.24, 2.45) is 0 Å². The summed E-state index contributed by atoms with van der Waals surface area (Å²) < 4.78 is 15.7. The van der Waals surface area contributed by atoms with Gasteiger partial charge in [-0.1, -0.05) is 18.2 Å². The molecule has 8 heteroatoms. The van der Waals surface area contributed by atoms with Crippen molar-refractivity contribution in [2.45, 2.75) is 6.42 Å². The molecular weight excluding hydrogens is 300 g/mol. The Hall–Kier alpha value is -3.29. The highest BCUT2D eigenvalue weighted by Crippen LogP contribution is 2.23. The summed E-state index contributed by atoms with van der Waals surface area (Å²) in [7, 11) is 0. The van der Waals surface area contributed by atoms with Gasteiger partial charge in [-0.25, -0.2) is 0 Å². The summed E-state index contributed by atoms with van der Waals surface area (Å²) in [5.41, 5.74) is 5.34. The lowest BCUT2D eigenvalue weighted by Gasteiger charge is -2.02. The van der Waals surface area contributed by atoms with Crippen molar-refractivity contribution < 1.29 is 18.5 Å². The van der Waals surface area contributed by atoms with Crippen LogP contribution in [0.3, 0.4) is 0 Å². The summed E-state index contributed by atoms with van der Waals surface area (Å²) in [6.07, 6.45) is 0.379. The Balaban J connectivity index is 1.52. The topological polar surface area (TPSA) is 116 Å². The number of carbonyl (C=O) groups excluding carboxylic acids is 1. The standard InChI is InChI=1S/C15H14N4O4/c16-15-18-12(23-19-15)8-9-17-14(20)11-6-7-13(22-11)21-10-4-2-1-3-5-10/h1-7H,8-9H2,(H2,16,19)(H,17,20). The Labute approximate surface area is 131 Å². The summed E-state index contributed by atoms with van der Waals surface area (Å²) in [5.74, 6) is 1.09. The van der Waals surface area contributed by atoms with Gasteiger partial charge in [0, 0.05) is 19.0 Å². The Morgan fingerprint density at radius 1 is 1.22 bits per heavy atom. The fourth-order valence-electron chi connectivity index (χ4n) is 1.84. The van der Waals surface area contributed by atoms with Crippen molar-refractivity contribution in [2.75, 3.05) is 12.3 Å². The molecule has 0 aliphatic heterocycles. The summed E-state index contributed by atoms with van der Waals surface area (Å²) in [5, 5.41) is 6.14. The van der Waals surface area contributed by atoms with Crippen molar-refractivity contribution in [3.8, 4) is 11.7 Å². The molecule has 0 bridgehead atoms. The van der Waals surface area contributed by atoms with Crippen LogP contribution in [-0.2, 0) is 6.42 Å². The van der Waals surface area contributed by atoms with E-state index in [1.54, 1.807) is 18.2 Å². The smallest absolute Gasteiger partial charge is 0.290 e. The SMILES string of the molecule is Nc1noc(CCNC(=O)c2ccc(Oc3ccccc3)o2)n1. The molecule has 0 unspecified atom stereocenters. The molecule has 2 heterocycles. The summed E-state index contributed by atoms with van der Waals surface area (Å²) >= 11 is 0. The van der Waals surface area contributed by atoms with E-state index in [2.05, 4.69) is 15.5 Å². The van der Waals surface area contributed by atoms with E-state index in [1.165, 1.54) is 6.07 Å². The molecule has 0 aliphatic rings. The molecule has 0 fully saturated rings. The van der Waals surface area contributed by atoms with Crippen LogP contribution in [0.25, 0.3) is 0 Å². The number of anilines is 1. The molecule has 0 saturated carbocycles. The zero-order chi connectivity index (χ0) is 16.1. The third-order valence-corrected chi connectivity index (χ3v) is 2.88. The lowest BCUT2D eigenvalue weighted by Crippen LogP contribution is -2.25. The van der Waals surface area contributed by atoms with Gasteiger partial charge in [-0.3, -0.25) is 4.79 Å². The molecule has 23 heavy (non-hydrogen) atoms. The van der Waals surface area contributed by atoms with Crippen molar-refractivity contribution in [3.05, 3.63) is 54.1 Å². The van der Waals surface area contributed by atoms with Crippen molar-refractivity contribution in [1.82, 2.24) is 15.5 Å². The fourth-order valence-corrected chi connectivity index (χ4v) is 1.84. The van der Waals surface area contributed by atoms with Gasteiger partial charge in [0.2, 0.25) is 5.89 Å². The first-order chi connectivity index (χ1) is 11.2. The molecule has 1 amide bonds. The number of aromatic nitrogens is 2. The van der Waals surface area contributed by atoms with Crippen LogP contribution in [0.15, 0.2) is 51.4 Å². The van der Waals surface area contributed by atoms with E-state index in [-0.39, 0.29) is 23.6 Å². The van der Waals surface area contributed by atoms with E-state index in [0.717, 1.165) is 0 Å². The summed E-state index contributed by atoms with van der Waals surface area (Å²) in [4.78, 5) is 15.8. The van der Waals surface area contributed by atoms with Gasteiger partial charge in [0.05, 0.1) is 0 Å². The zero-order valence-corrected chi connectivity index (χ0v) is 12.1. The van der Waals surface area contributed by atoms with E-state index in [9.17, 15) is 4.79 Å². The molecule has 3 rings (SSSR count). The van der Waals surface area contributed by atoms with Gasteiger partial charge in [0.15, 0.2) is 5.76 Å². The quantitative estimate of drug-likeness (QED) is 0.714. The van der Waals surface area contributed by atoms with E-state index in [4.69, 9.17) is 19.4 Å². The summed E-state index contributed by atoms with van der Waals surface area (Å²) in [6, 6.07) is 12.3. The maximum atomic E-state index is 12.0. The molecule has 8 nitrogen and oxygen atoms in total. The minimum absolute atomic E-state index is 0.0695. The van der Waals surface area contributed by atoms with Crippen LogP contribution in [0.4, 0.5) is 5.95 Å². The summed E-state index contributed by atoms with van der Waals surface area (Å²) in [6.45, 7) is 0.316. The number of nitrogens with zero attached hydrogens (tertiary/aromatic N) is 2. The van der Waals surface area contributed by atoms with E-state index >= 15 is 0 Å². The predicted molar refractivity (Wildman–Crippen MR) is 80.0 cm³/mol. The Morgan fingerprint density at radius 3 is 2.78 bits per heavy atom. The number of ether oxygens (including phenoxy) is 1. The van der Waals surface area contributed by atoms with Crippen LogP contribution in [0.2, 0.25) is 0 Å². The number of benzene rings is 1. The van der Waals surface area contributed by atoms with E-state index < -0.39 is 0 Å². The fraction of sp³-hybridized carbons (Fsp3) is 0.133. The third kappa shape index (κ3) is 3.88. The van der Waals surface area contributed by atoms with Gasteiger partial charge in [0.1, 0.15) is 5.75 Å². The normalized spacial score (nSPS) is 10.4. The maximum Gasteiger partial charge on any atom is 0.290 e. The number of nitrogens with one attached hydrogen (secondary N) is 1. The van der Waals surface area contributed by atoms with Crippen LogP contribution in [-0.4, -0.2) is 22.6 Å². The molecule has 3 N–H and O–H groups in total. The lowest BCUT2D eigenvalue weighted by molar-refractivity contribution is 0.0920. The Bertz CT molecular complexity index is 782. The van der Waals surface area contributed by atoms with Gasteiger partial charge in [0.25, 0.3) is 17.8 Å². The Morgan fingerprint density at radius 2 is 2.04 bits per heavy atom. The number of furan rings is 1. The number of para-hydroxylation sites is 1. The van der Waals surface area contributed by atoms with Gasteiger partial charge in [-0.2, -0.15) is 4.98 Å². The first kappa shape index (κ1) is 14.6. The van der Waals surface area contributed by atoms with Gasteiger partial charge < -0.3 is 24.7 Å². The van der Waals surface area contributed by atoms with Crippen LogP contribution >= 0.6 is 0 Å². The maximum absolute atomic E-state index is 12.0. The second-order valence-electron chi connectivity index (χ2n) is 4.59. The van der Waals surface area contributed by atoms with Gasteiger partial charge in [-0.05, 0) is 23.4 Å². The minimum Gasteiger partial charge on any atom is -0.426 e. The lowest BCUT2D eigenvalue weighted by atomic mass is 10.3. The average Bonchev–Trinajstić information content (AvgIpc) is 3.18. The highest BCUT2D eigenvalue weighted by atomic mass is 16.6. The van der Waals surface area contributed by atoms with Crippen molar-refractivity contribution in [1.29, 1.82) is 0 Å². The van der Waals surface area contributed by atoms with E-state index in [1.807, 2.05) is 18.2 Å². The number of hydrogen-bond donors (Lipinski definition) is 2. The third-order valence-electron chi connectivity index (χ3n) is 2.88. The van der Waals surface area contributed by atoms with Crippen LogP contribution < -0.4 is 15.8 Å². The number of carbonyl (C=O) groups is 1. The number of nitrogen functional groups attached to an aromatic ring is 1. The number of rotatable bonds is 6. The van der Waals surface area contributed by atoms with Crippen LogP contribution in [0.5, 0.6) is 11.7 Å². The Kier molecular flexibility index (Phi) is 4.23. The van der Waals surface area contributed by atoms with E-state index in [0.29, 0.717) is 24.6 Å². The second kappa shape index (κ2) is 6.65. The second-order valence-corrected chi connectivity index (χ2v) is 4.59. The van der Waals surface area contributed by atoms with Gasteiger partial charge >= 0.3 is 0 Å². The monoisotopic (exact) mass is 314 g/mol. The molecule has 2 aromatic heterocycles. The average molecular weight is 314 g/mol. The molecule has 0 saturated heterocycles. The highest BCUT2D eigenvalue weighted by Gasteiger charge is 2.12. The van der Waals surface area contributed by atoms with Gasteiger partial charge in [-0.15, -0.1) is 0 Å². The number of hydrogen-bond acceptors (Lipinski definition) is 7. The molecule has 3 aromatic rings. The molecule has 1 aromatic carbocycles. The van der Waals surface area contributed by atoms with Crippen molar-refractivity contribution in [3.63, 3.8) is 0 Å². The van der Waals surface area contributed by atoms with Crippen molar-refractivity contribution >= 4 is 11.9 Å². The molecule has 0 aliphatic carbocycles. The largest absolute Gasteiger partial charge is 0.426 e. The number of nitrogens with two attached hydrogens (primary N) is 1. The minimum atomic E-state index is -0.361. The van der Waals surface area contributed by atoms with Crippen LogP contribution in [0.1, 0.15) is 16.4 Å². The zero-order valence-electron chi connectivity index (χ0n) is 12.1. The first-order valence-corrected chi connectivity index (χ1v) is 6.90. The molecule has 0 radical (unpaired) electrons.